The molecule has 0 spiro atoms. The Hall–Kier alpha value is -0.950. The second-order valence-electron chi connectivity index (χ2n) is 5.92. The highest BCUT2D eigenvalue weighted by molar-refractivity contribution is 7.86. The van der Waals surface area contributed by atoms with E-state index in [2.05, 4.69) is 5.32 Å². The number of piperidine rings is 1. The molecule has 3 N–H and O–H groups in total. The quantitative estimate of drug-likeness (QED) is 0.821. The molecule has 0 aromatic heterocycles. The first kappa shape index (κ1) is 14.0. The average Bonchev–Trinajstić information content (AvgIpc) is 2.64. The molecule has 3 unspecified atom stereocenters. The van der Waals surface area contributed by atoms with Crippen LogP contribution in [0.25, 0.3) is 0 Å². The van der Waals surface area contributed by atoms with Gasteiger partial charge in [-0.15, -0.1) is 0 Å². The van der Waals surface area contributed by atoms with E-state index in [1.54, 1.807) is 24.3 Å². The van der Waals surface area contributed by atoms with Gasteiger partial charge in [-0.25, -0.2) is 4.18 Å². The highest BCUT2D eigenvalue weighted by atomic mass is 32.2. The number of aryl methyl sites for hydroxylation is 1. The van der Waals surface area contributed by atoms with Crippen LogP contribution in [0.1, 0.15) is 31.2 Å². The van der Waals surface area contributed by atoms with E-state index in [0.717, 1.165) is 18.4 Å². The molecule has 0 saturated carbocycles. The zero-order valence-electron chi connectivity index (χ0n) is 11.5. The van der Waals surface area contributed by atoms with E-state index < -0.39 is 15.8 Å². The average molecular weight is 296 g/mol. The summed E-state index contributed by atoms with van der Waals surface area (Å²) in [4.78, 5) is 0.196. The van der Waals surface area contributed by atoms with Crippen LogP contribution in [0.5, 0.6) is 0 Å². The SMILES string of the molecule is Cc1ccc(S(=O)(=O)OC23CCC(CC(N)C2)N3)cc1. The van der Waals surface area contributed by atoms with Crippen LogP contribution in [0.3, 0.4) is 0 Å². The number of rotatable bonds is 3. The second kappa shape index (κ2) is 4.80. The van der Waals surface area contributed by atoms with E-state index in [-0.39, 0.29) is 17.0 Å². The first-order valence-corrected chi connectivity index (χ1v) is 8.35. The molecule has 2 saturated heterocycles. The molecule has 2 fully saturated rings. The van der Waals surface area contributed by atoms with Crippen LogP contribution >= 0.6 is 0 Å². The molecule has 0 radical (unpaired) electrons. The van der Waals surface area contributed by atoms with Crippen molar-refractivity contribution in [2.45, 2.75) is 55.3 Å². The third kappa shape index (κ3) is 2.61. The second-order valence-corrected chi connectivity index (χ2v) is 7.47. The number of fused-ring (bicyclic) bond motifs is 2. The topological polar surface area (TPSA) is 81.4 Å². The summed E-state index contributed by atoms with van der Waals surface area (Å²) in [5, 5.41) is 3.29. The standard InChI is InChI=1S/C14H20N2O3S/c1-10-2-4-13(5-3-10)20(17,18)19-14-7-6-12(16-14)8-11(15)9-14/h2-5,11-12,16H,6-9,15H2,1H3. The summed E-state index contributed by atoms with van der Waals surface area (Å²) in [5.41, 5.74) is 6.20. The number of nitrogens with one attached hydrogen (secondary N) is 1. The van der Waals surface area contributed by atoms with Gasteiger partial charge in [-0.05, 0) is 38.3 Å². The summed E-state index contributed by atoms with van der Waals surface area (Å²) in [6, 6.07) is 6.97. The first-order chi connectivity index (χ1) is 9.39. The minimum Gasteiger partial charge on any atom is -0.327 e. The van der Waals surface area contributed by atoms with Crippen LogP contribution in [0.4, 0.5) is 0 Å². The predicted octanol–water partition coefficient (Wildman–Crippen LogP) is 1.27. The number of nitrogens with two attached hydrogens (primary N) is 1. The van der Waals surface area contributed by atoms with Gasteiger partial charge in [-0.1, -0.05) is 17.7 Å². The van der Waals surface area contributed by atoms with Crippen molar-refractivity contribution in [3.8, 4) is 0 Å². The van der Waals surface area contributed by atoms with Crippen LogP contribution < -0.4 is 11.1 Å². The molecule has 0 aliphatic carbocycles. The van der Waals surface area contributed by atoms with Crippen molar-refractivity contribution in [2.24, 2.45) is 5.73 Å². The summed E-state index contributed by atoms with van der Waals surface area (Å²) in [7, 11) is -3.76. The lowest BCUT2D eigenvalue weighted by Gasteiger charge is -2.36. The zero-order valence-corrected chi connectivity index (χ0v) is 12.3. The van der Waals surface area contributed by atoms with Gasteiger partial charge in [0.25, 0.3) is 10.1 Å². The summed E-state index contributed by atoms with van der Waals surface area (Å²) in [5.74, 6) is 0. The van der Waals surface area contributed by atoms with Crippen LogP contribution in [-0.4, -0.2) is 26.2 Å². The highest BCUT2D eigenvalue weighted by Gasteiger charge is 2.48. The van der Waals surface area contributed by atoms with Gasteiger partial charge in [-0.3, -0.25) is 5.32 Å². The van der Waals surface area contributed by atoms with Crippen molar-refractivity contribution in [3.63, 3.8) is 0 Å². The molecule has 2 aliphatic heterocycles. The van der Waals surface area contributed by atoms with Crippen LogP contribution in [0.15, 0.2) is 29.2 Å². The van der Waals surface area contributed by atoms with Crippen molar-refractivity contribution in [2.75, 3.05) is 0 Å². The number of hydrogen-bond acceptors (Lipinski definition) is 5. The molecule has 6 heteroatoms. The molecule has 20 heavy (non-hydrogen) atoms. The molecule has 2 bridgehead atoms. The molecule has 3 atom stereocenters. The third-order valence-corrected chi connectivity index (χ3v) is 5.51. The maximum atomic E-state index is 12.4. The number of benzene rings is 1. The minimum atomic E-state index is -3.76. The monoisotopic (exact) mass is 296 g/mol. The lowest BCUT2D eigenvalue weighted by atomic mass is 9.98. The molecule has 5 nitrogen and oxygen atoms in total. The van der Waals surface area contributed by atoms with Crippen LogP contribution in [0, 0.1) is 6.92 Å². The van der Waals surface area contributed by atoms with Gasteiger partial charge in [0, 0.05) is 18.5 Å². The minimum absolute atomic E-state index is 0.00281. The smallest absolute Gasteiger partial charge is 0.298 e. The molecule has 3 rings (SSSR count). The highest BCUT2D eigenvalue weighted by Crippen LogP contribution is 2.38. The molecule has 2 heterocycles. The Kier molecular flexibility index (Phi) is 3.36. The first-order valence-electron chi connectivity index (χ1n) is 6.94. The molecule has 1 aromatic rings. The van der Waals surface area contributed by atoms with E-state index in [9.17, 15) is 8.42 Å². The lowest BCUT2D eigenvalue weighted by molar-refractivity contribution is 0.0236. The van der Waals surface area contributed by atoms with Gasteiger partial charge in [0.15, 0.2) is 0 Å². The van der Waals surface area contributed by atoms with Crippen molar-refractivity contribution in [3.05, 3.63) is 29.8 Å². The summed E-state index contributed by atoms with van der Waals surface area (Å²) < 4.78 is 30.3. The number of hydrogen-bond donors (Lipinski definition) is 2. The summed E-state index contributed by atoms with van der Waals surface area (Å²) >= 11 is 0. The van der Waals surface area contributed by atoms with E-state index in [1.807, 2.05) is 6.92 Å². The van der Waals surface area contributed by atoms with E-state index in [4.69, 9.17) is 9.92 Å². The Morgan fingerprint density at radius 2 is 2.05 bits per heavy atom. The Balaban J connectivity index is 1.84. The normalized spacial score (nSPS) is 33.3. The summed E-state index contributed by atoms with van der Waals surface area (Å²) in [6.45, 7) is 1.92. The molecule has 2 aliphatic rings. The van der Waals surface area contributed by atoms with Crippen molar-refractivity contribution in [1.82, 2.24) is 5.32 Å². The molecular formula is C14H20N2O3S. The lowest BCUT2D eigenvalue weighted by Crippen LogP contribution is -2.55. The van der Waals surface area contributed by atoms with E-state index in [0.29, 0.717) is 12.8 Å². The van der Waals surface area contributed by atoms with Gasteiger partial charge in [0.2, 0.25) is 0 Å². The fraction of sp³-hybridized carbons (Fsp3) is 0.571. The van der Waals surface area contributed by atoms with Gasteiger partial charge in [-0.2, -0.15) is 8.42 Å². The Morgan fingerprint density at radius 3 is 2.75 bits per heavy atom. The summed E-state index contributed by atoms with van der Waals surface area (Å²) in [6.07, 6.45) is 3.03. The molecule has 0 amide bonds. The zero-order chi connectivity index (χ0) is 14.4. The van der Waals surface area contributed by atoms with E-state index in [1.165, 1.54) is 0 Å². The Morgan fingerprint density at radius 1 is 1.35 bits per heavy atom. The van der Waals surface area contributed by atoms with Crippen LogP contribution in [0.2, 0.25) is 0 Å². The Labute approximate surface area is 119 Å². The third-order valence-electron chi connectivity index (χ3n) is 4.12. The van der Waals surface area contributed by atoms with Crippen molar-refractivity contribution < 1.29 is 12.6 Å². The molecular weight excluding hydrogens is 276 g/mol. The molecule has 1 aromatic carbocycles. The fourth-order valence-electron chi connectivity index (χ4n) is 3.20. The molecule has 110 valence electrons. The maximum Gasteiger partial charge on any atom is 0.298 e. The predicted molar refractivity (Wildman–Crippen MR) is 75.5 cm³/mol. The van der Waals surface area contributed by atoms with E-state index >= 15 is 0 Å². The van der Waals surface area contributed by atoms with Gasteiger partial charge >= 0.3 is 0 Å². The Bertz CT molecular complexity index is 599. The largest absolute Gasteiger partial charge is 0.327 e. The van der Waals surface area contributed by atoms with Gasteiger partial charge in [0.05, 0.1) is 4.90 Å². The van der Waals surface area contributed by atoms with Gasteiger partial charge < -0.3 is 5.73 Å². The van der Waals surface area contributed by atoms with Crippen LogP contribution in [-0.2, 0) is 14.3 Å². The van der Waals surface area contributed by atoms with Crippen molar-refractivity contribution >= 4 is 10.1 Å². The van der Waals surface area contributed by atoms with Crippen molar-refractivity contribution in [1.29, 1.82) is 0 Å². The fourth-order valence-corrected chi connectivity index (χ4v) is 4.38. The van der Waals surface area contributed by atoms with Gasteiger partial charge in [0.1, 0.15) is 5.72 Å². The maximum absolute atomic E-state index is 12.4.